The molecule has 2 N–H and O–H groups in total. The zero-order chi connectivity index (χ0) is 20.4. The van der Waals surface area contributed by atoms with Crippen molar-refractivity contribution >= 4 is 27.6 Å². The average molecular weight is 417 g/mol. The molecule has 4 rings (SSSR count). The van der Waals surface area contributed by atoms with Gasteiger partial charge in [-0.05, 0) is 43.7 Å². The van der Waals surface area contributed by atoms with Crippen molar-refractivity contribution in [3.8, 4) is 0 Å². The summed E-state index contributed by atoms with van der Waals surface area (Å²) in [5.41, 5.74) is 6.23. The lowest BCUT2D eigenvalue weighted by molar-refractivity contribution is 0.0868. The summed E-state index contributed by atoms with van der Waals surface area (Å²) in [4.78, 5) is 25.6. The molecule has 10 heteroatoms. The molecule has 1 amide bonds. The molecule has 0 aliphatic carbocycles. The van der Waals surface area contributed by atoms with Crippen LogP contribution in [0.2, 0.25) is 0 Å². The lowest BCUT2D eigenvalue weighted by Crippen LogP contribution is -2.47. The van der Waals surface area contributed by atoms with Gasteiger partial charge < -0.3 is 10.6 Å². The second-order valence-corrected chi connectivity index (χ2v) is 9.05. The number of benzene rings is 1. The van der Waals surface area contributed by atoms with Crippen LogP contribution >= 0.6 is 0 Å². The van der Waals surface area contributed by atoms with E-state index in [1.165, 1.54) is 12.1 Å². The molecule has 1 fully saturated rings. The highest BCUT2D eigenvalue weighted by Crippen LogP contribution is 2.31. The van der Waals surface area contributed by atoms with Gasteiger partial charge in [-0.25, -0.2) is 22.7 Å². The van der Waals surface area contributed by atoms with Gasteiger partial charge in [-0.1, -0.05) is 0 Å². The van der Waals surface area contributed by atoms with E-state index >= 15 is 0 Å². The van der Waals surface area contributed by atoms with E-state index < -0.39 is 15.9 Å². The van der Waals surface area contributed by atoms with Crippen LogP contribution in [0.1, 0.15) is 23.2 Å². The minimum Gasteiger partial charge on any atom is -0.399 e. The Morgan fingerprint density at radius 2 is 1.69 bits per heavy atom. The van der Waals surface area contributed by atoms with Crippen LogP contribution in [0, 0.1) is 0 Å². The first-order valence-corrected chi connectivity index (χ1v) is 11.1. The van der Waals surface area contributed by atoms with Gasteiger partial charge in [0.15, 0.2) is 0 Å². The minimum atomic E-state index is -3.79. The summed E-state index contributed by atoms with van der Waals surface area (Å²) in [5, 5.41) is 0. The lowest BCUT2D eigenvalue weighted by Gasteiger charge is -2.34. The smallest absolute Gasteiger partial charge is 0.269 e. The fourth-order valence-electron chi connectivity index (χ4n) is 3.73. The number of rotatable bonds is 6. The van der Waals surface area contributed by atoms with Crippen molar-refractivity contribution < 1.29 is 13.2 Å². The fourth-order valence-corrected chi connectivity index (χ4v) is 5.37. The van der Waals surface area contributed by atoms with E-state index in [4.69, 9.17) is 5.73 Å². The maximum atomic E-state index is 12.6. The largest absolute Gasteiger partial charge is 0.399 e. The normalized spacial score (nSPS) is 18.8. The van der Waals surface area contributed by atoms with E-state index in [9.17, 15) is 13.2 Å². The Morgan fingerprint density at radius 1 is 1.00 bits per heavy atom. The third-order valence-electron chi connectivity index (χ3n) is 5.32. The number of nitrogen functional groups attached to an aromatic ring is 1. The van der Waals surface area contributed by atoms with Crippen molar-refractivity contribution in [3.05, 3.63) is 42.2 Å². The first-order chi connectivity index (χ1) is 14.0. The highest BCUT2D eigenvalue weighted by molar-refractivity contribution is 7.90. The van der Waals surface area contributed by atoms with Crippen LogP contribution in [0.25, 0.3) is 0 Å². The van der Waals surface area contributed by atoms with Crippen molar-refractivity contribution in [3.63, 3.8) is 0 Å². The summed E-state index contributed by atoms with van der Waals surface area (Å²) < 4.78 is 26.2. The molecule has 1 aromatic heterocycles. The van der Waals surface area contributed by atoms with Crippen LogP contribution in [0.5, 0.6) is 0 Å². The molecule has 1 aromatic carbocycles. The highest BCUT2D eigenvalue weighted by atomic mass is 32.2. The van der Waals surface area contributed by atoms with Gasteiger partial charge in [0.2, 0.25) is 5.95 Å². The summed E-state index contributed by atoms with van der Waals surface area (Å²) in [5.74, 6) is 0.293. The van der Waals surface area contributed by atoms with Gasteiger partial charge in [0.1, 0.15) is 4.90 Å². The maximum absolute atomic E-state index is 12.6. The van der Waals surface area contributed by atoms with E-state index in [1.54, 1.807) is 24.5 Å². The topological polar surface area (TPSA) is 113 Å². The van der Waals surface area contributed by atoms with Crippen molar-refractivity contribution in [1.82, 2.24) is 19.2 Å². The first-order valence-electron chi connectivity index (χ1n) is 9.68. The molecule has 0 bridgehead atoms. The van der Waals surface area contributed by atoms with Gasteiger partial charge in [-0.15, -0.1) is 0 Å². The van der Waals surface area contributed by atoms with Gasteiger partial charge >= 0.3 is 0 Å². The van der Waals surface area contributed by atoms with Crippen molar-refractivity contribution in [2.75, 3.05) is 49.9 Å². The number of hydrogen-bond acceptors (Lipinski definition) is 8. The van der Waals surface area contributed by atoms with Gasteiger partial charge in [-0.2, -0.15) is 0 Å². The Morgan fingerprint density at radius 3 is 2.41 bits per heavy atom. The van der Waals surface area contributed by atoms with Crippen molar-refractivity contribution in [1.29, 1.82) is 0 Å². The number of amides is 1. The number of sulfonamides is 1. The Kier molecular flexibility index (Phi) is 5.37. The molecule has 0 spiro atoms. The average Bonchev–Trinajstić information content (AvgIpc) is 2.92. The van der Waals surface area contributed by atoms with E-state index in [0.717, 1.165) is 49.4 Å². The molecular formula is C19H24N6O3S. The summed E-state index contributed by atoms with van der Waals surface area (Å²) in [6.07, 6.45) is 4.93. The van der Waals surface area contributed by atoms with E-state index in [0.29, 0.717) is 12.1 Å². The van der Waals surface area contributed by atoms with Crippen LogP contribution in [0.3, 0.4) is 0 Å². The molecule has 2 aromatic rings. The number of fused-ring (bicyclic) bond motifs is 1. The Bertz CT molecular complexity index is 990. The zero-order valence-electron chi connectivity index (χ0n) is 16.1. The lowest BCUT2D eigenvalue weighted by atomic mass is 10.2. The molecule has 0 unspecified atom stereocenters. The van der Waals surface area contributed by atoms with E-state index in [2.05, 4.69) is 19.8 Å². The van der Waals surface area contributed by atoms with Gasteiger partial charge in [-0.3, -0.25) is 9.69 Å². The minimum absolute atomic E-state index is 0.0155. The Labute approximate surface area is 170 Å². The molecule has 154 valence electrons. The fraction of sp³-hybridized carbons (Fsp3) is 0.421. The summed E-state index contributed by atoms with van der Waals surface area (Å²) in [6, 6.07) is 6.20. The summed E-state index contributed by atoms with van der Waals surface area (Å²) in [6.45, 7) is 4.59. The number of nitrogens with zero attached hydrogens (tertiary/aromatic N) is 5. The van der Waals surface area contributed by atoms with E-state index in [1.807, 2.05) is 0 Å². The monoisotopic (exact) mass is 416 g/mol. The SMILES string of the molecule is Nc1ccc2c(c1)S(=O)(=O)N(CCCCN1CCN(c3ncccn3)CC1)C2=O. The third kappa shape index (κ3) is 3.90. The summed E-state index contributed by atoms with van der Waals surface area (Å²) in [7, 11) is -3.79. The molecular weight excluding hydrogens is 392 g/mol. The second-order valence-electron chi connectivity index (χ2n) is 7.22. The number of anilines is 2. The predicted molar refractivity (Wildman–Crippen MR) is 109 cm³/mol. The molecule has 0 radical (unpaired) electrons. The summed E-state index contributed by atoms with van der Waals surface area (Å²) >= 11 is 0. The maximum Gasteiger partial charge on any atom is 0.269 e. The van der Waals surface area contributed by atoms with Crippen LogP contribution in [-0.2, 0) is 10.0 Å². The second kappa shape index (κ2) is 7.96. The third-order valence-corrected chi connectivity index (χ3v) is 7.15. The van der Waals surface area contributed by atoms with Crippen LogP contribution in [0.15, 0.2) is 41.6 Å². The van der Waals surface area contributed by atoms with Crippen LogP contribution in [-0.4, -0.2) is 72.8 Å². The Balaban J connectivity index is 1.25. The number of carbonyl (C=O) groups excluding carboxylic acids is 1. The van der Waals surface area contributed by atoms with Gasteiger partial charge in [0.25, 0.3) is 15.9 Å². The number of hydrogen-bond donors (Lipinski definition) is 1. The van der Waals surface area contributed by atoms with Crippen LogP contribution in [0.4, 0.5) is 11.6 Å². The molecule has 29 heavy (non-hydrogen) atoms. The molecule has 0 atom stereocenters. The number of unbranched alkanes of at least 4 members (excludes halogenated alkanes) is 1. The van der Waals surface area contributed by atoms with Crippen molar-refractivity contribution in [2.45, 2.75) is 17.7 Å². The van der Waals surface area contributed by atoms with Crippen LogP contribution < -0.4 is 10.6 Å². The quantitative estimate of drug-likeness (QED) is 0.544. The molecule has 9 nitrogen and oxygen atoms in total. The standard InChI is InChI=1S/C19H24N6O3S/c20-15-4-5-16-17(14-15)29(27,28)25(18(16)26)9-2-1-8-23-10-12-24(13-11-23)19-21-6-3-7-22-19/h3-7,14H,1-2,8-13,20H2. The number of nitrogens with two attached hydrogens (primary N) is 1. The number of carbonyl (C=O) groups is 1. The molecule has 3 heterocycles. The molecule has 1 saturated heterocycles. The zero-order valence-corrected chi connectivity index (χ0v) is 16.9. The molecule has 2 aliphatic rings. The molecule has 2 aliphatic heterocycles. The van der Waals surface area contributed by atoms with E-state index in [-0.39, 0.29) is 17.0 Å². The highest BCUT2D eigenvalue weighted by Gasteiger charge is 2.40. The molecule has 0 saturated carbocycles. The predicted octanol–water partition coefficient (Wildman–Crippen LogP) is 0.806. The first kappa shape index (κ1) is 19.6. The van der Waals surface area contributed by atoms with Gasteiger partial charge in [0.05, 0.1) is 5.56 Å². The van der Waals surface area contributed by atoms with Gasteiger partial charge in [0, 0.05) is 50.8 Å². The number of piperazine rings is 1. The number of aromatic nitrogens is 2. The Hall–Kier alpha value is -2.72. The van der Waals surface area contributed by atoms with Crippen molar-refractivity contribution in [2.24, 2.45) is 0 Å².